The van der Waals surface area contributed by atoms with Crippen molar-refractivity contribution in [2.45, 2.75) is 63.6 Å². The number of piperidine rings is 1. The monoisotopic (exact) mass is 613 g/mol. The molecule has 2 N–H and O–H groups in total. The van der Waals surface area contributed by atoms with Crippen molar-refractivity contribution in [2.75, 3.05) is 0 Å². The van der Waals surface area contributed by atoms with Gasteiger partial charge >= 0.3 is 0 Å². The summed E-state index contributed by atoms with van der Waals surface area (Å²) in [5.41, 5.74) is 1.69. The van der Waals surface area contributed by atoms with Gasteiger partial charge in [-0.25, -0.2) is 18.1 Å². The summed E-state index contributed by atoms with van der Waals surface area (Å²) in [6, 6.07) is 19.3. The normalized spacial score (nSPS) is 26.3. The molecule has 7 nitrogen and oxygen atoms in total. The van der Waals surface area contributed by atoms with Crippen LogP contribution in [0.25, 0.3) is 0 Å². The van der Waals surface area contributed by atoms with Crippen molar-refractivity contribution in [1.29, 1.82) is 0 Å². The van der Waals surface area contributed by atoms with Crippen LogP contribution in [-0.2, 0) is 21.2 Å². The van der Waals surface area contributed by atoms with Gasteiger partial charge in [-0.2, -0.15) is 0 Å². The summed E-state index contributed by atoms with van der Waals surface area (Å²) in [4.78, 5) is 21.0. The number of hydrogen-bond donors (Lipinski definition) is 2. The Kier molecular flexibility index (Phi) is 8.48. The number of halogens is 2. The van der Waals surface area contributed by atoms with Crippen molar-refractivity contribution >= 4 is 39.1 Å². The van der Waals surface area contributed by atoms with Crippen LogP contribution in [0.1, 0.15) is 61.9 Å². The number of nitrogens with zero attached hydrogens (tertiary/aromatic N) is 2. The van der Waals surface area contributed by atoms with Crippen molar-refractivity contribution in [2.24, 2.45) is 5.41 Å². The Labute approximate surface area is 251 Å². The fourth-order valence-corrected chi connectivity index (χ4v) is 7.69. The van der Waals surface area contributed by atoms with Gasteiger partial charge in [-0.3, -0.25) is 4.79 Å². The van der Waals surface area contributed by atoms with Crippen LogP contribution in [0.3, 0.4) is 0 Å². The van der Waals surface area contributed by atoms with E-state index in [-0.39, 0.29) is 29.8 Å². The van der Waals surface area contributed by atoms with Gasteiger partial charge in [-0.05, 0) is 60.7 Å². The summed E-state index contributed by atoms with van der Waals surface area (Å²) < 4.78 is 27.0. The lowest BCUT2D eigenvalue weighted by Crippen LogP contribution is -2.57. The smallest absolute Gasteiger partial charge is 0.233 e. The lowest BCUT2D eigenvalue weighted by atomic mass is 9.66. The second-order valence-corrected chi connectivity index (χ2v) is 13.7. The van der Waals surface area contributed by atoms with E-state index in [2.05, 4.69) is 9.71 Å². The Bertz CT molecular complexity index is 1560. The Balaban J connectivity index is 1.64. The van der Waals surface area contributed by atoms with E-state index in [9.17, 15) is 18.3 Å². The van der Waals surface area contributed by atoms with Gasteiger partial charge in [0, 0.05) is 51.6 Å². The van der Waals surface area contributed by atoms with Crippen molar-refractivity contribution in [3.05, 3.63) is 105 Å². The summed E-state index contributed by atoms with van der Waals surface area (Å²) in [7, 11) is -3.49. The molecule has 2 aliphatic rings. The number of likely N-dealkylation sites (tertiary alicyclic amines) is 1. The summed E-state index contributed by atoms with van der Waals surface area (Å²) in [6.45, 7) is 3.97. The van der Waals surface area contributed by atoms with E-state index < -0.39 is 21.5 Å². The SMILES string of the molecule is CC[C@@H](CC1C=CS(=O)(=O)N1)N1C(=O)[C@](C)(Cc2cccc(O)n2)C[C@H](c2cccc(Cl)c2)[C@H]1c1ccc(Cl)cc1. The molecule has 0 aliphatic carbocycles. The molecule has 0 radical (unpaired) electrons. The number of carbonyl (C=O) groups excluding carboxylic acids is 1. The highest BCUT2D eigenvalue weighted by Crippen LogP contribution is 2.52. The molecule has 2 aromatic carbocycles. The van der Waals surface area contributed by atoms with Crippen LogP contribution in [0, 0.1) is 5.41 Å². The molecule has 0 spiro atoms. The zero-order valence-electron chi connectivity index (χ0n) is 22.9. The van der Waals surface area contributed by atoms with E-state index in [4.69, 9.17) is 23.2 Å². The highest BCUT2D eigenvalue weighted by Gasteiger charge is 2.51. The molecule has 1 unspecified atom stereocenters. The molecule has 0 saturated carbocycles. The van der Waals surface area contributed by atoms with Gasteiger partial charge in [0.1, 0.15) is 0 Å². The largest absolute Gasteiger partial charge is 0.493 e. The third-order valence-electron chi connectivity index (χ3n) is 8.15. The fraction of sp³-hybridized carbons (Fsp3) is 0.355. The second-order valence-electron chi connectivity index (χ2n) is 11.2. The number of pyridine rings is 1. The van der Waals surface area contributed by atoms with E-state index in [0.717, 1.165) is 11.1 Å². The molecule has 1 aromatic heterocycles. The third-order valence-corrected chi connectivity index (χ3v) is 9.78. The molecular weight excluding hydrogens is 581 g/mol. The zero-order chi connectivity index (χ0) is 29.4. The molecule has 10 heteroatoms. The molecule has 1 fully saturated rings. The van der Waals surface area contributed by atoms with E-state index in [1.165, 1.54) is 11.5 Å². The minimum Gasteiger partial charge on any atom is -0.493 e. The molecule has 5 rings (SSSR count). The average molecular weight is 615 g/mol. The van der Waals surface area contributed by atoms with Crippen LogP contribution in [0.15, 0.2) is 78.2 Å². The van der Waals surface area contributed by atoms with Crippen LogP contribution in [-0.4, -0.2) is 41.4 Å². The Hall–Kier alpha value is -2.91. The summed E-state index contributed by atoms with van der Waals surface area (Å²) in [5, 5.41) is 12.4. The van der Waals surface area contributed by atoms with Crippen LogP contribution >= 0.6 is 23.2 Å². The first-order valence-corrected chi connectivity index (χ1v) is 16.0. The first-order chi connectivity index (χ1) is 19.5. The molecular formula is C31H33Cl2N3O4S. The van der Waals surface area contributed by atoms with E-state index in [1.807, 2.05) is 73.3 Å². The molecule has 3 heterocycles. The highest BCUT2D eigenvalue weighted by atomic mass is 35.5. The molecule has 216 valence electrons. The van der Waals surface area contributed by atoms with Gasteiger partial charge < -0.3 is 10.0 Å². The van der Waals surface area contributed by atoms with Crippen LogP contribution in [0.2, 0.25) is 10.0 Å². The maximum atomic E-state index is 14.8. The van der Waals surface area contributed by atoms with Crippen LogP contribution in [0.5, 0.6) is 5.88 Å². The van der Waals surface area contributed by atoms with Gasteiger partial charge in [-0.15, -0.1) is 0 Å². The Morgan fingerprint density at radius 2 is 1.80 bits per heavy atom. The fourth-order valence-electron chi connectivity index (χ4n) is 6.30. The number of amides is 1. The van der Waals surface area contributed by atoms with Crippen molar-refractivity contribution in [3.63, 3.8) is 0 Å². The molecule has 0 bridgehead atoms. The van der Waals surface area contributed by atoms with Gasteiger partial charge in [0.2, 0.25) is 21.8 Å². The van der Waals surface area contributed by atoms with E-state index in [1.54, 1.807) is 12.1 Å². The van der Waals surface area contributed by atoms with Crippen LogP contribution in [0.4, 0.5) is 0 Å². The lowest BCUT2D eigenvalue weighted by Gasteiger charge is -2.52. The number of nitrogens with one attached hydrogen (secondary N) is 1. The predicted molar refractivity (Wildman–Crippen MR) is 161 cm³/mol. The topological polar surface area (TPSA) is 99.6 Å². The number of benzene rings is 2. The van der Waals surface area contributed by atoms with Gasteiger partial charge in [0.15, 0.2) is 0 Å². The number of rotatable bonds is 8. The molecule has 1 saturated heterocycles. The minimum atomic E-state index is -3.49. The molecule has 1 amide bonds. The van der Waals surface area contributed by atoms with Crippen LogP contribution < -0.4 is 4.72 Å². The van der Waals surface area contributed by atoms with E-state index >= 15 is 0 Å². The maximum Gasteiger partial charge on any atom is 0.233 e. The lowest BCUT2D eigenvalue weighted by molar-refractivity contribution is -0.155. The van der Waals surface area contributed by atoms with Gasteiger partial charge in [-0.1, -0.05) is 73.5 Å². The quantitative estimate of drug-likeness (QED) is 0.307. The van der Waals surface area contributed by atoms with Crippen molar-refractivity contribution in [3.8, 4) is 5.88 Å². The first-order valence-electron chi connectivity index (χ1n) is 13.7. The molecule has 41 heavy (non-hydrogen) atoms. The van der Waals surface area contributed by atoms with Crippen molar-refractivity contribution < 1.29 is 18.3 Å². The molecule has 5 atom stereocenters. The number of sulfonamides is 1. The summed E-state index contributed by atoms with van der Waals surface area (Å²) in [6.07, 6.45) is 3.52. The Morgan fingerprint density at radius 1 is 1.07 bits per heavy atom. The summed E-state index contributed by atoms with van der Waals surface area (Å²) >= 11 is 12.8. The maximum absolute atomic E-state index is 14.8. The number of carbonyl (C=O) groups is 1. The van der Waals surface area contributed by atoms with Gasteiger partial charge in [0.05, 0.1) is 11.5 Å². The third kappa shape index (κ3) is 6.46. The second kappa shape index (κ2) is 11.8. The number of hydrogen-bond acceptors (Lipinski definition) is 5. The first kappa shape index (κ1) is 29.6. The standard InChI is InChI=1S/C31H33Cl2N3O4S/c1-3-26(17-24-14-15-41(39,40)35-24)36-29(20-10-12-22(32)13-11-20)27(21-6-4-7-23(33)16-21)19-31(2,30(36)38)18-25-8-5-9-28(37)34-25/h4-16,24,26-27,29,35H,3,17-19H2,1-2H3,(H,34,37)/t24?,26-,27+,29+,31+/m0/s1. The highest BCUT2D eigenvalue weighted by molar-refractivity contribution is 7.92. The molecule has 3 aromatic rings. The number of aromatic nitrogens is 1. The number of aromatic hydroxyl groups is 1. The van der Waals surface area contributed by atoms with E-state index in [0.29, 0.717) is 41.4 Å². The van der Waals surface area contributed by atoms with Gasteiger partial charge in [0.25, 0.3) is 0 Å². The van der Waals surface area contributed by atoms with Crippen molar-refractivity contribution in [1.82, 2.24) is 14.6 Å². The zero-order valence-corrected chi connectivity index (χ0v) is 25.2. The molecule has 2 aliphatic heterocycles. The Morgan fingerprint density at radius 3 is 2.44 bits per heavy atom. The average Bonchev–Trinajstić information content (AvgIpc) is 3.27. The predicted octanol–water partition coefficient (Wildman–Crippen LogP) is 6.38. The minimum absolute atomic E-state index is 0.0439. The summed E-state index contributed by atoms with van der Waals surface area (Å²) in [5.74, 6) is -0.277.